The monoisotopic (exact) mass is 292 g/mol. The van der Waals surface area contributed by atoms with E-state index in [0.29, 0.717) is 31.0 Å². The van der Waals surface area contributed by atoms with Crippen molar-refractivity contribution in [3.8, 4) is 11.8 Å². The van der Waals surface area contributed by atoms with Crippen molar-refractivity contribution in [3.63, 3.8) is 0 Å². The number of hydrogen-bond acceptors (Lipinski definition) is 3. The second kappa shape index (κ2) is 7.42. The molecule has 0 aromatic carbocycles. The lowest BCUT2D eigenvalue weighted by Crippen LogP contribution is -2.49. The number of aliphatic hydroxyl groups excluding tert-OH is 2. The maximum Gasteiger partial charge on any atom is 0.136 e. The van der Waals surface area contributed by atoms with Gasteiger partial charge in [-0.05, 0) is 31.1 Å². The summed E-state index contributed by atoms with van der Waals surface area (Å²) >= 11 is 0. The lowest BCUT2D eigenvalue weighted by atomic mass is 9.59. The lowest BCUT2D eigenvalue weighted by Gasteiger charge is -2.44. The number of hydrogen-bond donors (Lipinski definition) is 2. The van der Waals surface area contributed by atoms with Crippen LogP contribution in [0.15, 0.2) is 0 Å². The molecule has 21 heavy (non-hydrogen) atoms. The third kappa shape index (κ3) is 4.08. The summed E-state index contributed by atoms with van der Waals surface area (Å²) in [7, 11) is 0. The van der Waals surface area contributed by atoms with Crippen LogP contribution in [-0.4, -0.2) is 28.2 Å². The van der Waals surface area contributed by atoms with Crippen LogP contribution in [0, 0.1) is 35.5 Å². The van der Waals surface area contributed by atoms with Gasteiger partial charge in [0.25, 0.3) is 0 Å². The highest BCUT2D eigenvalue weighted by Crippen LogP contribution is 2.45. The van der Waals surface area contributed by atoms with Crippen LogP contribution in [-0.2, 0) is 4.79 Å². The van der Waals surface area contributed by atoms with Crippen molar-refractivity contribution in [2.24, 2.45) is 23.7 Å². The largest absolute Gasteiger partial charge is 0.392 e. The highest BCUT2D eigenvalue weighted by molar-refractivity contribution is 5.87. The number of aliphatic hydroxyl groups is 2. The van der Waals surface area contributed by atoms with E-state index in [9.17, 15) is 15.0 Å². The first-order valence-electron chi connectivity index (χ1n) is 8.42. The summed E-state index contributed by atoms with van der Waals surface area (Å²) in [4.78, 5) is 11.5. The van der Waals surface area contributed by atoms with E-state index in [1.807, 2.05) is 0 Å². The minimum Gasteiger partial charge on any atom is -0.392 e. The predicted octanol–water partition coefficient (Wildman–Crippen LogP) is 2.54. The standard InChI is InChI=1S/C18H28O3/c1-3-4-5-12(2)10-13(19)6-7-14-16-11-18(21)15(16)8-9-17(14)20/h12-17,19-20H,3-5,8-11H2,1-2H3/t12-,13-,14-,15+,16?,17-/m1/s1. The van der Waals surface area contributed by atoms with Gasteiger partial charge < -0.3 is 10.2 Å². The molecule has 6 atom stereocenters. The molecule has 2 aliphatic rings. The van der Waals surface area contributed by atoms with Gasteiger partial charge in [0.05, 0.1) is 12.0 Å². The van der Waals surface area contributed by atoms with Gasteiger partial charge in [-0.2, -0.15) is 0 Å². The molecule has 1 unspecified atom stereocenters. The highest BCUT2D eigenvalue weighted by atomic mass is 16.3. The summed E-state index contributed by atoms with van der Waals surface area (Å²) in [6, 6.07) is 0. The van der Waals surface area contributed by atoms with Crippen molar-refractivity contribution in [3.05, 3.63) is 0 Å². The molecule has 0 bridgehead atoms. The lowest BCUT2D eigenvalue weighted by molar-refractivity contribution is -0.141. The second-order valence-corrected chi connectivity index (χ2v) is 6.90. The number of unbranched alkanes of at least 4 members (excludes halogenated alkanes) is 1. The SMILES string of the molecule is CCCC[C@@H](C)C[C@H](O)C#C[C@@H]1C2CC(=O)[C@H]2CC[C@H]1O. The molecule has 0 spiro atoms. The second-order valence-electron chi connectivity index (χ2n) is 6.90. The molecule has 2 aliphatic carbocycles. The van der Waals surface area contributed by atoms with Crippen LogP contribution in [0.1, 0.15) is 58.8 Å². The molecule has 0 amide bonds. The Morgan fingerprint density at radius 2 is 2.14 bits per heavy atom. The molecule has 118 valence electrons. The van der Waals surface area contributed by atoms with Gasteiger partial charge in [-0.1, -0.05) is 45.0 Å². The van der Waals surface area contributed by atoms with Gasteiger partial charge in [-0.25, -0.2) is 0 Å². The summed E-state index contributed by atoms with van der Waals surface area (Å²) in [6.45, 7) is 4.32. The van der Waals surface area contributed by atoms with E-state index in [2.05, 4.69) is 25.7 Å². The van der Waals surface area contributed by atoms with Crippen molar-refractivity contribution in [1.29, 1.82) is 0 Å². The van der Waals surface area contributed by atoms with Crippen molar-refractivity contribution >= 4 is 5.78 Å². The molecule has 0 heterocycles. The normalized spacial score (nSPS) is 34.2. The summed E-state index contributed by atoms with van der Waals surface area (Å²) in [5.41, 5.74) is 0. The molecule has 0 aliphatic heterocycles. The summed E-state index contributed by atoms with van der Waals surface area (Å²) in [5, 5.41) is 20.1. The molecule has 2 rings (SSSR count). The molecule has 2 N–H and O–H groups in total. The molecule has 0 radical (unpaired) electrons. The van der Waals surface area contributed by atoms with Crippen LogP contribution in [0.25, 0.3) is 0 Å². The Morgan fingerprint density at radius 3 is 2.81 bits per heavy atom. The summed E-state index contributed by atoms with van der Waals surface area (Å²) in [5.74, 6) is 7.02. The van der Waals surface area contributed by atoms with E-state index in [1.54, 1.807) is 0 Å². The van der Waals surface area contributed by atoms with Gasteiger partial charge >= 0.3 is 0 Å². The van der Waals surface area contributed by atoms with Crippen molar-refractivity contribution in [2.45, 2.75) is 71.0 Å². The Labute approximate surface area is 128 Å². The van der Waals surface area contributed by atoms with Gasteiger partial charge in [0.15, 0.2) is 0 Å². The number of fused-ring (bicyclic) bond motifs is 1. The number of carbonyl (C=O) groups is 1. The van der Waals surface area contributed by atoms with Crippen LogP contribution in [0.5, 0.6) is 0 Å². The maximum absolute atomic E-state index is 11.5. The fourth-order valence-electron chi connectivity index (χ4n) is 3.68. The van der Waals surface area contributed by atoms with Gasteiger partial charge in [-0.3, -0.25) is 4.79 Å². The Kier molecular flexibility index (Phi) is 5.84. The first kappa shape index (κ1) is 16.5. The van der Waals surface area contributed by atoms with Crippen LogP contribution >= 0.6 is 0 Å². The van der Waals surface area contributed by atoms with Crippen LogP contribution in [0.3, 0.4) is 0 Å². The molecule has 2 saturated carbocycles. The van der Waals surface area contributed by atoms with Crippen molar-refractivity contribution in [1.82, 2.24) is 0 Å². The van der Waals surface area contributed by atoms with E-state index in [1.165, 1.54) is 12.8 Å². The summed E-state index contributed by atoms with van der Waals surface area (Å²) in [6.07, 6.45) is 5.17. The predicted molar refractivity (Wildman–Crippen MR) is 82.4 cm³/mol. The van der Waals surface area contributed by atoms with Gasteiger partial charge in [0, 0.05) is 12.3 Å². The third-order valence-corrected chi connectivity index (χ3v) is 5.11. The third-order valence-electron chi connectivity index (χ3n) is 5.11. The van der Waals surface area contributed by atoms with Crippen LogP contribution in [0.4, 0.5) is 0 Å². The van der Waals surface area contributed by atoms with Gasteiger partial charge in [0.1, 0.15) is 11.9 Å². The maximum atomic E-state index is 11.5. The number of rotatable bonds is 5. The molecular weight excluding hydrogens is 264 g/mol. The van der Waals surface area contributed by atoms with Crippen molar-refractivity contribution < 1.29 is 15.0 Å². The van der Waals surface area contributed by atoms with Crippen molar-refractivity contribution in [2.75, 3.05) is 0 Å². The molecule has 2 fully saturated rings. The number of carbonyl (C=O) groups excluding carboxylic acids is 1. The zero-order chi connectivity index (χ0) is 15.4. The number of Topliss-reactive ketones (excluding diaryl/α,β-unsaturated/α-hetero) is 1. The smallest absolute Gasteiger partial charge is 0.136 e. The van der Waals surface area contributed by atoms with E-state index in [4.69, 9.17) is 0 Å². The molecule has 3 nitrogen and oxygen atoms in total. The topological polar surface area (TPSA) is 57.5 Å². The molecule has 0 aromatic rings. The Hall–Kier alpha value is -0.850. The quantitative estimate of drug-likeness (QED) is 0.766. The molecule has 0 saturated heterocycles. The van der Waals surface area contributed by atoms with Crippen LogP contribution in [0.2, 0.25) is 0 Å². The van der Waals surface area contributed by atoms with Crippen LogP contribution < -0.4 is 0 Å². The Balaban J connectivity index is 1.86. The average Bonchev–Trinajstić information content (AvgIpc) is 2.43. The number of ketones is 1. The first-order valence-corrected chi connectivity index (χ1v) is 8.42. The molecule has 0 aromatic heterocycles. The minimum absolute atomic E-state index is 0.119. The first-order chi connectivity index (χ1) is 10.0. The minimum atomic E-state index is -0.611. The van der Waals surface area contributed by atoms with Gasteiger partial charge in [-0.15, -0.1) is 0 Å². The summed E-state index contributed by atoms with van der Waals surface area (Å²) < 4.78 is 0. The zero-order valence-corrected chi connectivity index (χ0v) is 13.2. The molecule has 3 heteroatoms. The molecular formula is C18H28O3. The van der Waals surface area contributed by atoms with E-state index >= 15 is 0 Å². The highest BCUT2D eigenvalue weighted by Gasteiger charge is 2.48. The fourth-order valence-corrected chi connectivity index (χ4v) is 3.68. The Morgan fingerprint density at radius 1 is 1.38 bits per heavy atom. The van der Waals surface area contributed by atoms with E-state index < -0.39 is 12.2 Å². The van der Waals surface area contributed by atoms with E-state index in [-0.39, 0.29) is 17.8 Å². The van der Waals surface area contributed by atoms with Gasteiger partial charge in [0.2, 0.25) is 0 Å². The Bertz CT molecular complexity index is 420. The van der Waals surface area contributed by atoms with E-state index in [0.717, 1.165) is 12.8 Å². The fraction of sp³-hybridized carbons (Fsp3) is 0.833. The zero-order valence-electron chi connectivity index (χ0n) is 13.2. The average molecular weight is 292 g/mol.